The quantitative estimate of drug-likeness (QED) is 0.564. The van der Waals surface area contributed by atoms with Gasteiger partial charge in [-0.15, -0.1) is 0 Å². The molecule has 2 aromatic rings. The highest BCUT2D eigenvalue weighted by Gasteiger charge is 2.41. The topological polar surface area (TPSA) is 6.48 Å². The lowest BCUT2D eigenvalue weighted by Gasteiger charge is -2.39. The van der Waals surface area contributed by atoms with Crippen LogP contribution in [0.3, 0.4) is 0 Å². The predicted molar refractivity (Wildman–Crippen MR) is 126 cm³/mol. The van der Waals surface area contributed by atoms with Crippen molar-refractivity contribution in [1.82, 2.24) is 4.90 Å². The van der Waals surface area contributed by atoms with E-state index < -0.39 is 0 Å². The first kappa shape index (κ1) is 19.5. The number of rotatable bonds is 4. The molecule has 2 heterocycles. The molecule has 0 bridgehead atoms. The first-order valence-electron chi connectivity index (χ1n) is 11.5. The van der Waals surface area contributed by atoms with Crippen LogP contribution in [0.15, 0.2) is 52.3 Å². The molecule has 0 amide bonds. The zero-order valence-corrected chi connectivity index (χ0v) is 18.8. The SMILES string of the molecule is Cc1ccc(Sc2cccc3c2N(C)[C@H]2CCN(CC4CCCCC4)CC32)cc1.[HH]. The fourth-order valence-electron chi connectivity index (χ4n) is 5.87. The second-order valence-corrected chi connectivity index (χ2v) is 10.6. The number of anilines is 1. The molecule has 0 aromatic heterocycles. The monoisotopic (exact) mass is 408 g/mol. The predicted octanol–water partition coefficient (Wildman–Crippen LogP) is 6.58. The molecule has 1 aliphatic carbocycles. The van der Waals surface area contributed by atoms with Crippen LogP contribution in [-0.2, 0) is 0 Å². The first-order chi connectivity index (χ1) is 14.2. The number of nitrogens with zero attached hydrogens (tertiary/aromatic N) is 2. The summed E-state index contributed by atoms with van der Waals surface area (Å²) in [6.07, 6.45) is 8.58. The molecular weight excluding hydrogens is 372 g/mol. The Labute approximate surface area is 182 Å². The van der Waals surface area contributed by atoms with Gasteiger partial charge in [0.1, 0.15) is 0 Å². The summed E-state index contributed by atoms with van der Waals surface area (Å²) < 4.78 is 0. The van der Waals surface area contributed by atoms with Gasteiger partial charge in [0.15, 0.2) is 0 Å². The maximum absolute atomic E-state index is 2.79. The van der Waals surface area contributed by atoms with E-state index in [-0.39, 0.29) is 1.43 Å². The van der Waals surface area contributed by atoms with Crippen LogP contribution in [0, 0.1) is 12.8 Å². The van der Waals surface area contributed by atoms with Crippen LogP contribution in [0.1, 0.15) is 57.0 Å². The molecule has 0 N–H and O–H groups in total. The van der Waals surface area contributed by atoms with E-state index >= 15 is 0 Å². The van der Waals surface area contributed by atoms with Crippen molar-refractivity contribution in [3.05, 3.63) is 53.6 Å². The number of benzene rings is 2. The fourth-order valence-corrected chi connectivity index (χ4v) is 6.91. The van der Waals surface area contributed by atoms with E-state index in [4.69, 9.17) is 0 Å². The Balaban J connectivity index is 0.00000218. The van der Waals surface area contributed by atoms with Gasteiger partial charge < -0.3 is 9.80 Å². The summed E-state index contributed by atoms with van der Waals surface area (Å²) in [6.45, 7) is 6.01. The summed E-state index contributed by atoms with van der Waals surface area (Å²) >= 11 is 1.92. The number of hydrogen-bond acceptors (Lipinski definition) is 3. The average molecular weight is 409 g/mol. The number of hydrogen-bond donors (Lipinski definition) is 0. The Hall–Kier alpha value is -1.45. The highest BCUT2D eigenvalue weighted by atomic mass is 32.2. The van der Waals surface area contributed by atoms with Crippen molar-refractivity contribution in [1.29, 1.82) is 0 Å². The minimum absolute atomic E-state index is 0. The van der Waals surface area contributed by atoms with Gasteiger partial charge in [0.25, 0.3) is 0 Å². The zero-order chi connectivity index (χ0) is 19.8. The van der Waals surface area contributed by atoms with Gasteiger partial charge in [0.2, 0.25) is 0 Å². The van der Waals surface area contributed by atoms with E-state index in [1.807, 2.05) is 11.8 Å². The third-order valence-corrected chi connectivity index (χ3v) is 8.49. The van der Waals surface area contributed by atoms with Crippen molar-refractivity contribution < 1.29 is 1.43 Å². The summed E-state index contributed by atoms with van der Waals surface area (Å²) in [6, 6.07) is 16.6. The normalized spacial score (nSPS) is 25.1. The van der Waals surface area contributed by atoms with E-state index in [0.29, 0.717) is 12.0 Å². The van der Waals surface area contributed by atoms with E-state index in [1.54, 1.807) is 5.56 Å². The number of likely N-dealkylation sites (N-methyl/N-ethyl adjacent to an activating group) is 1. The second kappa shape index (κ2) is 8.35. The van der Waals surface area contributed by atoms with Gasteiger partial charge in [-0.3, -0.25) is 0 Å². The molecule has 1 saturated carbocycles. The molecule has 156 valence electrons. The fraction of sp³-hybridized carbons (Fsp3) is 0.538. The number of para-hydroxylation sites is 1. The molecule has 2 aliphatic heterocycles. The van der Waals surface area contributed by atoms with Crippen LogP contribution in [0.5, 0.6) is 0 Å². The minimum Gasteiger partial charge on any atom is -0.370 e. The molecule has 2 nitrogen and oxygen atoms in total. The molecular formula is C26H36N2S. The lowest BCUT2D eigenvalue weighted by molar-refractivity contribution is 0.152. The summed E-state index contributed by atoms with van der Waals surface area (Å²) in [4.78, 5) is 8.15. The number of fused-ring (bicyclic) bond motifs is 3. The molecule has 2 aromatic carbocycles. The van der Waals surface area contributed by atoms with Crippen molar-refractivity contribution in [2.75, 3.05) is 31.6 Å². The third kappa shape index (κ3) is 3.96. The van der Waals surface area contributed by atoms with Crippen molar-refractivity contribution in [3.63, 3.8) is 0 Å². The smallest absolute Gasteiger partial charge is 0.0544 e. The zero-order valence-electron chi connectivity index (χ0n) is 17.9. The van der Waals surface area contributed by atoms with Gasteiger partial charge in [0.05, 0.1) is 5.69 Å². The van der Waals surface area contributed by atoms with Crippen LogP contribution in [0.4, 0.5) is 5.69 Å². The minimum atomic E-state index is 0. The molecule has 0 radical (unpaired) electrons. The van der Waals surface area contributed by atoms with E-state index in [2.05, 4.69) is 66.2 Å². The first-order valence-corrected chi connectivity index (χ1v) is 12.3. The largest absolute Gasteiger partial charge is 0.370 e. The van der Waals surface area contributed by atoms with E-state index in [0.717, 1.165) is 5.92 Å². The van der Waals surface area contributed by atoms with Crippen molar-refractivity contribution in [3.8, 4) is 0 Å². The highest BCUT2D eigenvalue weighted by Crippen LogP contribution is 2.49. The Kier molecular flexibility index (Phi) is 5.62. The van der Waals surface area contributed by atoms with Crippen LogP contribution in [-0.4, -0.2) is 37.6 Å². The van der Waals surface area contributed by atoms with Crippen LogP contribution < -0.4 is 4.90 Å². The van der Waals surface area contributed by atoms with Gasteiger partial charge >= 0.3 is 0 Å². The lowest BCUT2D eigenvalue weighted by Crippen LogP contribution is -2.46. The molecule has 1 unspecified atom stereocenters. The van der Waals surface area contributed by atoms with Crippen LogP contribution in [0.25, 0.3) is 0 Å². The van der Waals surface area contributed by atoms with Gasteiger partial charge in [-0.25, -0.2) is 0 Å². The Morgan fingerprint density at radius 1 is 1.00 bits per heavy atom. The van der Waals surface area contributed by atoms with Crippen LogP contribution >= 0.6 is 11.8 Å². The summed E-state index contributed by atoms with van der Waals surface area (Å²) in [5.41, 5.74) is 4.41. The molecule has 29 heavy (non-hydrogen) atoms. The number of aryl methyl sites for hydroxylation is 1. The summed E-state index contributed by atoms with van der Waals surface area (Å²) in [7, 11) is 2.33. The summed E-state index contributed by atoms with van der Waals surface area (Å²) in [5, 5.41) is 0. The number of likely N-dealkylation sites (tertiary alicyclic amines) is 1. The van der Waals surface area contributed by atoms with E-state index in [9.17, 15) is 0 Å². The molecule has 1 saturated heterocycles. The van der Waals surface area contributed by atoms with Crippen LogP contribution in [0.2, 0.25) is 0 Å². The Morgan fingerprint density at radius 2 is 1.79 bits per heavy atom. The Bertz CT molecular complexity index is 847. The maximum atomic E-state index is 2.79. The number of piperidine rings is 1. The molecule has 2 atom stereocenters. The van der Waals surface area contributed by atoms with Gasteiger partial charge in [-0.1, -0.05) is 60.9 Å². The van der Waals surface area contributed by atoms with Gasteiger partial charge in [0, 0.05) is 49.9 Å². The average Bonchev–Trinajstić information content (AvgIpc) is 3.03. The lowest BCUT2D eigenvalue weighted by atomic mass is 9.86. The van der Waals surface area contributed by atoms with Crippen molar-refractivity contribution >= 4 is 17.4 Å². The standard InChI is InChI=1S/C26H34N2S.H2/c1-19-11-13-21(14-12-19)29-25-10-6-9-22-23-18-28(17-20-7-4-3-5-8-20)16-15-24(23)27(2)26(22)25;/h6,9-14,20,23-24H,3-5,7-8,15-18H2,1-2H3;1H/t23?,24-;/m0./s1. The molecule has 0 spiro atoms. The molecule has 5 rings (SSSR count). The molecule has 3 heteroatoms. The third-order valence-electron chi connectivity index (χ3n) is 7.43. The summed E-state index contributed by atoms with van der Waals surface area (Å²) in [5.74, 6) is 1.62. The maximum Gasteiger partial charge on any atom is 0.0544 e. The van der Waals surface area contributed by atoms with E-state index in [1.165, 1.54) is 79.2 Å². The van der Waals surface area contributed by atoms with Crippen molar-refractivity contribution in [2.45, 2.75) is 67.2 Å². The van der Waals surface area contributed by atoms with Gasteiger partial charge in [-0.05, 0) is 55.9 Å². The van der Waals surface area contributed by atoms with Crippen molar-refractivity contribution in [2.24, 2.45) is 5.92 Å². The molecule has 3 aliphatic rings. The van der Waals surface area contributed by atoms with Gasteiger partial charge in [-0.2, -0.15) is 0 Å². The second-order valence-electron chi connectivity index (χ2n) is 9.45. The Morgan fingerprint density at radius 3 is 2.59 bits per heavy atom. The highest BCUT2D eigenvalue weighted by molar-refractivity contribution is 7.99. The molecule has 2 fully saturated rings.